The van der Waals surface area contributed by atoms with Crippen LogP contribution in [-0.2, 0) is 9.53 Å². The highest BCUT2D eigenvalue weighted by atomic mass is 35.5. The van der Waals surface area contributed by atoms with Crippen molar-refractivity contribution in [1.82, 2.24) is 15.1 Å². The van der Waals surface area contributed by atoms with E-state index in [1.54, 1.807) is 12.1 Å². The Labute approximate surface area is 181 Å². The van der Waals surface area contributed by atoms with Crippen molar-refractivity contribution in [2.75, 3.05) is 31.1 Å². The number of nitrogens with zero attached hydrogens (tertiary/aromatic N) is 3. The molecule has 1 atom stereocenters. The number of aromatic nitrogens is 2. The first kappa shape index (κ1) is 20.9. The largest absolute Gasteiger partial charge is 0.376 e. The second-order valence-corrected chi connectivity index (χ2v) is 8.42. The van der Waals surface area contributed by atoms with Gasteiger partial charge in [0, 0.05) is 43.2 Å². The molecule has 30 heavy (non-hydrogen) atoms. The Hall–Kier alpha value is -2.38. The van der Waals surface area contributed by atoms with Crippen molar-refractivity contribution in [2.45, 2.75) is 38.7 Å². The highest BCUT2D eigenvalue weighted by Crippen LogP contribution is 2.23. The number of hydrogen-bond acceptors (Lipinski definition) is 5. The number of benzene rings is 1. The number of carbonyl (C=O) groups excluding carboxylic acids is 1. The quantitative estimate of drug-likeness (QED) is 0.789. The predicted molar refractivity (Wildman–Crippen MR) is 117 cm³/mol. The number of anilines is 1. The first-order valence-electron chi connectivity index (χ1n) is 10.5. The maximum atomic E-state index is 12.5. The lowest BCUT2D eigenvalue weighted by atomic mass is 9.96. The van der Waals surface area contributed by atoms with Crippen molar-refractivity contribution in [3.8, 4) is 5.69 Å². The van der Waals surface area contributed by atoms with Crippen LogP contribution in [0.15, 0.2) is 35.1 Å². The fraction of sp³-hybridized carbons (Fsp3) is 0.500. The number of halogens is 1. The third kappa shape index (κ3) is 4.68. The Kier molecular flexibility index (Phi) is 6.39. The van der Waals surface area contributed by atoms with Gasteiger partial charge in [0.2, 0.25) is 5.91 Å². The van der Waals surface area contributed by atoms with Gasteiger partial charge in [-0.3, -0.25) is 9.59 Å². The molecule has 0 aliphatic carbocycles. The summed E-state index contributed by atoms with van der Waals surface area (Å²) < 4.78 is 6.95. The van der Waals surface area contributed by atoms with Crippen molar-refractivity contribution < 1.29 is 9.53 Å². The van der Waals surface area contributed by atoms with Crippen LogP contribution in [0.3, 0.4) is 0 Å². The number of hydrogen-bond donors (Lipinski definition) is 1. The fourth-order valence-corrected chi connectivity index (χ4v) is 4.18. The molecule has 2 aliphatic rings. The van der Waals surface area contributed by atoms with Gasteiger partial charge in [0.15, 0.2) is 0 Å². The smallest absolute Gasteiger partial charge is 0.271 e. The standard InChI is InChI=1S/C22H27ClN4O3/c1-15-4-5-17(13-19(15)23)27-21(28)7-6-20(25-27)26-10-8-16(9-11-26)22(29)24-14-18-3-2-12-30-18/h4-7,13,16,18H,2-3,8-12,14H2,1H3,(H,24,29)/t18-/m0/s1. The first-order chi connectivity index (χ1) is 14.5. The number of rotatable bonds is 5. The van der Waals surface area contributed by atoms with Gasteiger partial charge >= 0.3 is 0 Å². The fourth-order valence-electron chi connectivity index (χ4n) is 4.00. The molecule has 1 N–H and O–H groups in total. The van der Waals surface area contributed by atoms with Crippen LogP contribution in [0.2, 0.25) is 5.02 Å². The maximum absolute atomic E-state index is 12.5. The number of amides is 1. The van der Waals surface area contributed by atoms with Gasteiger partial charge in [-0.15, -0.1) is 5.10 Å². The van der Waals surface area contributed by atoms with E-state index in [1.165, 1.54) is 10.7 Å². The lowest BCUT2D eigenvalue weighted by molar-refractivity contribution is -0.126. The number of nitrogens with one attached hydrogen (secondary N) is 1. The van der Waals surface area contributed by atoms with Crippen molar-refractivity contribution in [3.63, 3.8) is 0 Å². The van der Waals surface area contributed by atoms with Gasteiger partial charge in [0.05, 0.1) is 11.8 Å². The van der Waals surface area contributed by atoms with E-state index < -0.39 is 0 Å². The van der Waals surface area contributed by atoms with E-state index >= 15 is 0 Å². The van der Waals surface area contributed by atoms with E-state index in [4.69, 9.17) is 16.3 Å². The Bertz CT molecular complexity index is 963. The minimum atomic E-state index is -0.206. The van der Waals surface area contributed by atoms with Crippen molar-refractivity contribution in [2.24, 2.45) is 5.92 Å². The summed E-state index contributed by atoms with van der Waals surface area (Å²) >= 11 is 6.22. The first-order valence-corrected chi connectivity index (χ1v) is 10.9. The van der Waals surface area contributed by atoms with Crippen molar-refractivity contribution in [3.05, 3.63) is 51.3 Å². The Morgan fingerprint density at radius 2 is 2.03 bits per heavy atom. The van der Waals surface area contributed by atoms with E-state index in [9.17, 15) is 9.59 Å². The predicted octanol–water partition coefficient (Wildman–Crippen LogP) is 2.71. The summed E-state index contributed by atoms with van der Waals surface area (Å²) in [5, 5.41) is 8.19. The average molecular weight is 431 g/mol. The highest BCUT2D eigenvalue weighted by Gasteiger charge is 2.27. The topological polar surface area (TPSA) is 76.5 Å². The van der Waals surface area contributed by atoms with Crippen LogP contribution in [0, 0.1) is 12.8 Å². The molecule has 2 fully saturated rings. The molecular weight excluding hydrogens is 404 g/mol. The summed E-state index contributed by atoms with van der Waals surface area (Å²) in [5.74, 6) is 0.839. The van der Waals surface area contributed by atoms with Crippen LogP contribution >= 0.6 is 11.6 Å². The van der Waals surface area contributed by atoms with E-state index in [0.29, 0.717) is 17.3 Å². The Balaban J connectivity index is 1.39. The second kappa shape index (κ2) is 9.18. The third-order valence-electron chi connectivity index (χ3n) is 5.90. The third-order valence-corrected chi connectivity index (χ3v) is 6.31. The normalized spacial score (nSPS) is 19.8. The molecule has 0 radical (unpaired) electrons. The summed E-state index contributed by atoms with van der Waals surface area (Å²) in [6.45, 7) is 4.75. The minimum Gasteiger partial charge on any atom is -0.376 e. The minimum absolute atomic E-state index is 0.00413. The van der Waals surface area contributed by atoms with Crippen LogP contribution in [0.4, 0.5) is 5.82 Å². The molecule has 0 spiro atoms. The monoisotopic (exact) mass is 430 g/mol. The molecular formula is C22H27ClN4O3. The number of carbonyl (C=O) groups is 1. The zero-order chi connectivity index (χ0) is 21.1. The number of aryl methyl sites for hydroxylation is 1. The molecule has 0 bridgehead atoms. The van der Waals surface area contributed by atoms with Crippen LogP contribution in [0.1, 0.15) is 31.2 Å². The number of piperidine rings is 1. The SMILES string of the molecule is Cc1ccc(-n2nc(N3CCC(C(=O)NC[C@@H]4CCCO4)CC3)ccc2=O)cc1Cl. The van der Waals surface area contributed by atoms with Gasteiger partial charge in [-0.05, 0) is 56.4 Å². The molecule has 4 rings (SSSR count). The van der Waals surface area contributed by atoms with E-state index in [0.717, 1.165) is 56.8 Å². The average Bonchev–Trinajstić information content (AvgIpc) is 3.28. The van der Waals surface area contributed by atoms with Crippen LogP contribution < -0.4 is 15.8 Å². The summed E-state index contributed by atoms with van der Waals surface area (Å²) in [7, 11) is 0. The zero-order valence-corrected chi connectivity index (χ0v) is 17.9. The lowest BCUT2D eigenvalue weighted by Gasteiger charge is -2.32. The summed E-state index contributed by atoms with van der Waals surface area (Å²) in [5.41, 5.74) is 1.38. The van der Waals surface area contributed by atoms with Gasteiger partial charge < -0.3 is 15.0 Å². The van der Waals surface area contributed by atoms with Gasteiger partial charge in [-0.2, -0.15) is 4.68 Å². The molecule has 0 saturated carbocycles. The van der Waals surface area contributed by atoms with Crippen LogP contribution in [-0.4, -0.2) is 48.0 Å². The van der Waals surface area contributed by atoms with Gasteiger partial charge in [0.25, 0.3) is 5.56 Å². The molecule has 8 heteroatoms. The molecule has 2 aliphatic heterocycles. The zero-order valence-electron chi connectivity index (χ0n) is 17.1. The molecule has 0 unspecified atom stereocenters. The van der Waals surface area contributed by atoms with Gasteiger partial charge in [-0.25, -0.2) is 0 Å². The van der Waals surface area contributed by atoms with Crippen LogP contribution in [0.5, 0.6) is 0 Å². The highest BCUT2D eigenvalue weighted by molar-refractivity contribution is 6.31. The second-order valence-electron chi connectivity index (χ2n) is 8.02. The molecule has 3 heterocycles. The van der Waals surface area contributed by atoms with E-state index in [-0.39, 0.29) is 23.5 Å². The molecule has 2 saturated heterocycles. The molecule has 7 nitrogen and oxygen atoms in total. The van der Waals surface area contributed by atoms with Crippen molar-refractivity contribution in [1.29, 1.82) is 0 Å². The molecule has 2 aromatic rings. The van der Waals surface area contributed by atoms with Crippen molar-refractivity contribution >= 4 is 23.3 Å². The molecule has 1 aromatic carbocycles. The lowest BCUT2D eigenvalue weighted by Crippen LogP contribution is -2.43. The molecule has 1 aromatic heterocycles. The van der Waals surface area contributed by atoms with Crippen LogP contribution in [0.25, 0.3) is 5.69 Å². The van der Waals surface area contributed by atoms with E-state index in [1.807, 2.05) is 19.1 Å². The molecule has 1 amide bonds. The van der Waals surface area contributed by atoms with Gasteiger partial charge in [-0.1, -0.05) is 17.7 Å². The number of ether oxygens (including phenoxy) is 1. The summed E-state index contributed by atoms with van der Waals surface area (Å²) in [6, 6.07) is 8.73. The maximum Gasteiger partial charge on any atom is 0.271 e. The Morgan fingerprint density at radius 3 is 2.73 bits per heavy atom. The molecule has 160 valence electrons. The summed E-state index contributed by atoms with van der Waals surface area (Å²) in [4.78, 5) is 27.0. The van der Waals surface area contributed by atoms with E-state index in [2.05, 4.69) is 15.3 Å². The summed E-state index contributed by atoms with van der Waals surface area (Å²) in [6.07, 6.45) is 3.77. The van der Waals surface area contributed by atoms with Gasteiger partial charge in [0.1, 0.15) is 5.82 Å². The Morgan fingerprint density at radius 1 is 1.23 bits per heavy atom.